The molecule has 1 aliphatic rings. The average Bonchev–Trinajstić information content (AvgIpc) is 2.84. The molecule has 0 bridgehead atoms. The number of hydrogen-bond acceptors (Lipinski definition) is 6. The molecule has 2 aromatic carbocycles. The van der Waals surface area contributed by atoms with Gasteiger partial charge in [0.15, 0.2) is 17.4 Å². The molecule has 0 saturated carbocycles. The summed E-state index contributed by atoms with van der Waals surface area (Å²) < 4.78 is 38.4. The Kier molecular flexibility index (Phi) is 7.92. The van der Waals surface area contributed by atoms with Crippen LogP contribution in [0.1, 0.15) is 35.3 Å². The number of piperazine rings is 1. The van der Waals surface area contributed by atoms with Crippen LogP contribution in [0.5, 0.6) is 5.75 Å². The number of benzene rings is 2. The van der Waals surface area contributed by atoms with E-state index < -0.39 is 11.6 Å². The van der Waals surface area contributed by atoms with Crippen molar-refractivity contribution in [3.05, 3.63) is 89.1 Å². The third-order valence-corrected chi connectivity index (χ3v) is 5.72. The summed E-state index contributed by atoms with van der Waals surface area (Å²) in [6, 6.07) is 15.0. The molecule has 1 fully saturated rings. The molecule has 1 aliphatic heterocycles. The maximum atomic E-state index is 13.8. The molecule has 0 radical (unpaired) electrons. The number of carbonyl (C=O) groups excluding carboxylic acids is 1. The number of nitrogens with zero attached hydrogens (tertiary/aromatic N) is 3. The topological polar surface area (TPSA) is 54.9 Å². The van der Waals surface area contributed by atoms with Crippen LogP contribution in [-0.2, 0) is 17.9 Å². The van der Waals surface area contributed by atoms with Crippen LogP contribution in [0.4, 0.5) is 14.6 Å². The molecule has 3 aromatic rings. The second-order valence-corrected chi connectivity index (χ2v) is 8.75. The third kappa shape index (κ3) is 6.33. The number of para-hydroxylation sites is 1. The van der Waals surface area contributed by atoms with Crippen molar-refractivity contribution in [1.82, 2.24) is 9.88 Å². The molecule has 0 aliphatic carbocycles. The third-order valence-electron chi connectivity index (χ3n) is 5.72. The minimum Gasteiger partial charge on any atom is -0.483 e. The van der Waals surface area contributed by atoms with Gasteiger partial charge in [-0.15, -0.1) is 0 Å². The largest absolute Gasteiger partial charge is 0.483 e. The second kappa shape index (κ2) is 11.3. The van der Waals surface area contributed by atoms with Gasteiger partial charge in [-0.1, -0.05) is 30.3 Å². The van der Waals surface area contributed by atoms with Gasteiger partial charge < -0.3 is 14.4 Å². The van der Waals surface area contributed by atoms with Crippen molar-refractivity contribution in [2.45, 2.75) is 33.1 Å². The summed E-state index contributed by atoms with van der Waals surface area (Å²) in [4.78, 5) is 21.4. The lowest BCUT2D eigenvalue weighted by atomic mass is 10.1. The van der Waals surface area contributed by atoms with Crippen molar-refractivity contribution in [2.75, 3.05) is 31.1 Å². The zero-order valence-corrected chi connectivity index (χ0v) is 19.9. The molecule has 6 nitrogen and oxygen atoms in total. The van der Waals surface area contributed by atoms with Crippen LogP contribution < -0.4 is 9.64 Å². The first kappa shape index (κ1) is 24.6. The smallest absolute Gasteiger partial charge is 0.342 e. The first-order chi connectivity index (χ1) is 16.9. The highest BCUT2D eigenvalue weighted by Gasteiger charge is 2.24. The molecule has 0 unspecified atom stereocenters. The summed E-state index contributed by atoms with van der Waals surface area (Å²) in [5.41, 5.74) is 2.41. The Labute approximate surface area is 204 Å². The Bertz CT molecular complexity index is 1140. The molecule has 35 heavy (non-hydrogen) atoms. The number of halogens is 2. The van der Waals surface area contributed by atoms with E-state index in [9.17, 15) is 13.6 Å². The van der Waals surface area contributed by atoms with Crippen LogP contribution in [-0.4, -0.2) is 48.1 Å². The normalized spacial score (nSPS) is 14.3. The fourth-order valence-corrected chi connectivity index (χ4v) is 4.06. The molecule has 0 spiro atoms. The van der Waals surface area contributed by atoms with E-state index in [1.54, 1.807) is 18.3 Å². The van der Waals surface area contributed by atoms with Crippen molar-refractivity contribution in [2.24, 2.45) is 0 Å². The standard InChI is InChI=1S/C27H29F2N3O3/c1-19(2)35-27(33)22-8-5-11-30-26(22)32-14-12-31(13-15-32)17-20-6-3-7-21(16-20)18-34-25-23(28)9-4-10-24(25)29/h3-11,16,19H,12-15,17-18H2,1-2H3. The van der Waals surface area contributed by atoms with E-state index >= 15 is 0 Å². The Hall–Kier alpha value is -3.52. The van der Waals surface area contributed by atoms with Gasteiger partial charge in [0.05, 0.1) is 6.10 Å². The van der Waals surface area contributed by atoms with E-state index in [0.29, 0.717) is 11.4 Å². The van der Waals surface area contributed by atoms with Crippen LogP contribution in [0.25, 0.3) is 0 Å². The number of rotatable bonds is 8. The van der Waals surface area contributed by atoms with E-state index in [0.717, 1.165) is 43.9 Å². The van der Waals surface area contributed by atoms with Gasteiger partial charge in [-0.25, -0.2) is 18.6 Å². The fraction of sp³-hybridized carbons (Fsp3) is 0.333. The van der Waals surface area contributed by atoms with Crippen LogP contribution in [0.2, 0.25) is 0 Å². The number of carbonyl (C=O) groups is 1. The average molecular weight is 482 g/mol. The molecule has 1 aromatic heterocycles. The zero-order chi connectivity index (χ0) is 24.8. The quantitative estimate of drug-likeness (QED) is 0.430. The lowest BCUT2D eigenvalue weighted by Crippen LogP contribution is -2.46. The Morgan fingerprint density at radius 2 is 1.66 bits per heavy atom. The van der Waals surface area contributed by atoms with Crippen molar-refractivity contribution in [3.8, 4) is 5.75 Å². The number of hydrogen-bond donors (Lipinski definition) is 0. The van der Waals surface area contributed by atoms with Gasteiger partial charge in [0, 0.05) is 38.9 Å². The van der Waals surface area contributed by atoms with Crippen LogP contribution in [0.15, 0.2) is 60.8 Å². The van der Waals surface area contributed by atoms with E-state index in [-0.39, 0.29) is 24.4 Å². The first-order valence-electron chi connectivity index (χ1n) is 11.7. The van der Waals surface area contributed by atoms with Gasteiger partial charge in [-0.3, -0.25) is 4.90 Å². The molecule has 184 valence electrons. The predicted octanol–water partition coefficient (Wildman–Crippen LogP) is 4.83. The summed E-state index contributed by atoms with van der Waals surface area (Å²) in [6.07, 6.45) is 1.49. The Morgan fingerprint density at radius 1 is 0.971 bits per heavy atom. The number of ether oxygens (including phenoxy) is 2. The second-order valence-electron chi connectivity index (χ2n) is 8.75. The number of aromatic nitrogens is 1. The summed E-state index contributed by atoms with van der Waals surface area (Å²) in [7, 11) is 0. The molecule has 8 heteroatoms. The number of pyridine rings is 1. The van der Waals surface area contributed by atoms with Crippen LogP contribution >= 0.6 is 0 Å². The molecule has 0 amide bonds. The summed E-state index contributed by atoms with van der Waals surface area (Å²) in [6.45, 7) is 7.53. The van der Waals surface area contributed by atoms with Gasteiger partial charge in [0.1, 0.15) is 18.0 Å². The van der Waals surface area contributed by atoms with E-state index in [2.05, 4.69) is 14.8 Å². The molecule has 0 atom stereocenters. The summed E-state index contributed by atoms with van der Waals surface area (Å²) in [5.74, 6) is -1.50. The van der Waals surface area contributed by atoms with Crippen molar-refractivity contribution in [3.63, 3.8) is 0 Å². The van der Waals surface area contributed by atoms with Gasteiger partial charge in [0.25, 0.3) is 0 Å². The van der Waals surface area contributed by atoms with Gasteiger partial charge in [0.2, 0.25) is 0 Å². The van der Waals surface area contributed by atoms with Gasteiger partial charge in [-0.2, -0.15) is 0 Å². The minimum absolute atomic E-state index is 0.0778. The Balaban J connectivity index is 1.34. The molecule has 0 N–H and O–H groups in total. The molecule has 4 rings (SSSR count). The SMILES string of the molecule is CC(C)OC(=O)c1cccnc1N1CCN(Cc2cccc(COc3c(F)cccc3F)c2)CC1. The van der Waals surface area contributed by atoms with Gasteiger partial charge in [-0.05, 0) is 49.2 Å². The minimum atomic E-state index is -0.715. The fourth-order valence-electron chi connectivity index (χ4n) is 4.06. The lowest BCUT2D eigenvalue weighted by molar-refractivity contribution is 0.0378. The maximum absolute atomic E-state index is 13.8. The highest BCUT2D eigenvalue weighted by molar-refractivity contribution is 5.94. The number of esters is 1. The lowest BCUT2D eigenvalue weighted by Gasteiger charge is -2.36. The molecular weight excluding hydrogens is 452 g/mol. The summed E-state index contributed by atoms with van der Waals surface area (Å²) >= 11 is 0. The number of anilines is 1. The highest BCUT2D eigenvalue weighted by Crippen LogP contribution is 2.23. The van der Waals surface area contributed by atoms with Crippen LogP contribution in [0.3, 0.4) is 0 Å². The monoisotopic (exact) mass is 481 g/mol. The van der Waals surface area contributed by atoms with Crippen molar-refractivity contribution in [1.29, 1.82) is 0 Å². The molecular formula is C27H29F2N3O3. The first-order valence-corrected chi connectivity index (χ1v) is 11.7. The van der Waals surface area contributed by atoms with E-state index in [1.165, 1.54) is 18.2 Å². The highest BCUT2D eigenvalue weighted by atomic mass is 19.1. The maximum Gasteiger partial charge on any atom is 0.342 e. The Morgan fingerprint density at radius 3 is 2.37 bits per heavy atom. The molecule has 1 saturated heterocycles. The summed E-state index contributed by atoms with van der Waals surface area (Å²) in [5, 5.41) is 0. The van der Waals surface area contributed by atoms with Gasteiger partial charge >= 0.3 is 5.97 Å². The zero-order valence-electron chi connectivity index (χ0n) is 19.9. The predicted molar refractivity (Wildman–Crippen MR) is 129 cm³/mol. The van der Waals surface area contributed by atoms with E-state index in [4.69, 9.17) is 9.47 Å². The van der Waals surface area contributed by atoms with Crippen molar-refractivity contribution >= 4 is 11.8 Å². The molecule has 2 heterocycles. The van der Waals surface area contributed by atoms with Crippen molar-refractivity contribution < 1.29 is 23.0 Å². The van der Waals surface area contributed by atoms with E-state index in [1.807, 2.05) is 38.1 Å². The van der Waals surface area contributed by atoms with Crippen LogP contribution in [0, 0.1) is 11.6 Å².